The lowest BCUT2D eigenvalue weighted by molar-refractivity contribution is -0.145. The summed E-state index contributed by atoms with van der Waals surface area (Å²) in [5, 5.41) is 25.3. The van der Waals surface area contributed by atoms with Crippen LogP contribution < -0.4 is 10.6 Å². The fraction of sp³-hybridized carbons (Fsp3) is 0.567. The van der Waals surface area contributed by atoms with Crippen LogP contribution in [0.3, 0.4) is 0 Å². The summed E-state index contributed by atoms with van der Waals surface area (Å²) in [6.45, 7) is 10.1. The summed E-state index contributed by atoms with van der Waals surface area (Å²) in [6.07, 6.45) is -1.65. The number of aromatic nitrogens is 1. The van der Waals surface area contributed by atoms with Gasteiger partial charge in [0.2, 0.25) is 17.7 Å². The molecule has 0 saturated carbocycles. The number of rotatable bonds is 8. The molecule has 4 N–H and O–H groups in total. The predicted molar refractivity (Wildman–Crippen MR) is 160 cm³/mol. The number of hydrogen-bond acceptors (Lipinski definition) is 8. The van der Waals surface area contributed by atoms with Gasteiger partial charge in [0.15, 0.2) is 0 Å². The first-order chi connectivity index (χ1) is 20.2. The summed E-state index contributed by atoms with van der Waals surface area (Å²) in [7, 11) is 0. The van der Waals surface area contributed by atoms with Crippen molar-refractivity contribution < 1.29 is 29.4 Å². The monoisotopic (exact) mass is 612 g/mol. The topological polar surface area (TPSA) is 155 Å². The summed E-state index contributed by atoms with van der Waals surface area (Å²) in [6, 6.07) is 6.12. The highest BCUT2D eigenvalue weighted by molar-refractivity contribution is 7.13. The van der Waals surface area contributed by atoms with Gasteiger partial charge in [-0.25, -0.2) is 9.78 Å². The van der Waals surface area contributed by atoms with Crippen molar-refractivity contribution in [3.8, 4) is 10.4 Å². The van der Waals surface area contributed by atoms with Crippen LogP contribution in [0.25, 0.3) is 10.4 Å². The molecule has 4 heterocycles. The number of carbonyl (C=O) groups is 4. The van der Waals surface area contributed by atoms with Gasteiger partial charge < -0.3 is 30.6 Å². The minimum atomic E-state index is -0.927. The standard InChI is InChI=1S/C30H40N6O6S/c1-18-24(43-17-32-18)20-7-5-19(6-8-20)10-31-26(39)22-9-21(37)11-36(22)27(40)25(29(2,3)4)33-23(38)12-34-13-30(14-34)15-35(16-30)28(41)42/h5-8,17,21-22,25,37H,9-16H2,1-4H3,(H,31,39)(H,33,38)(H,41,42)/t21-,22+,25?/m1/s1. The van der Waals surface area contributed by atoms with Gasteiger partial charge in [-0.05, 0) is 23.5 Å². The number of hydrogen-bond donors (Lipinski definition) is 4. The van der Waals surface area contributed by atoms with Crippen LogP contribution in [-0.2, 0) is 20.9 Å². The number of thiazole rings is 1. The first kappa shape index (κ1) is 30.9. The van der Waals surface area contributed by atoms with E-state index < -0.39 is 35.6 Å². The Hall–Kier alpha value is -3.55. The van der Waals surface area contributed by atoms with E-state index in [0.717, 1.165) is 21.7 Å². The molecule has 43 heavy (non-hydrogen) atoms. The molecule has 3 fully saturated rings. The Labute approximate surface area is 255 Å². The van der Waals surface area contributed by atoms with Gasteiger partial charge in [0.25, 0.3) is 0 Å². The second kappa shape index (κ2) is 11.9. The van der Waals surface area contributed by atoms with E-state index in [4.69, 9.17) is 5.11 Å². The third kappa shape index (κ3) is 6.68. The van der Waals surface area contributed by atoms with E-state index in [9.17, 15) is 24.3 Å². The molecule has 1 aromatic carbocycles. The maximum absolute atomic E-state index is 13.8. The second-order valence-electron chi connectivity index (χ2n) is 13.2. The van der Waals surface area contributed by atoms with Crippen molar-refractivity contribution in [1.82, 2.24) is 30.3 Å². The molecule has 1 spiro atoms. The van der Waals surface area contributed by atoms with Gasteiger partial charge in [0.1, 0.15) is 12.1 Å². The Morgan fingerprint density at radius 3 is 2.37 bits per heavy atom. The van der Waals surface area contributed by atoms with E-state index in [0.29, 0.717) is 26.2 Å². The molecule has 1 unspecified atom stereocenters. The third-order valence-electron chi connectivity index (χ3n) is 8.52. The molecule has 3 aliphatic heterocycles. The van der Waals surface area contributed by atoms with Crippen molar-refractivity contribution in [3.63, 3.8) is 0 Å². The van der Waals surface area contributed by atoms with Crippen LogP contribution in [-0.4, -0.2) is 111 Å². The largest absolute Gasteiger partial charge is 0.465 e. The Bertz CT molecular complexity index is 1370. The van der Waals surface area contributed by atoms with Crippen LogP contribution >= 0.6 is 11.3 Å². The Balaban J connectivity index is 1.16. The number of carboxylic acid groups (broad SMARTS) is 1. The number of nitrogens with zero attached hydrogens (tertiary/aromatic N) is 4. The van der Waals surface area contributed by atoms with Gasteiger partial charge in [0, 0.05) is 51.1 Å². The summed E-state index contributed by atoms with van der Waals surface area (Å²) in [4.78, 5) is 61.2. The van der Waals surface area contributed by atoms with Gasteiger partial charge in [-0.2, -0.15) is 0 Å². The highest BCUT2D eigenvalue weighted by Crippen LogP contribution is 2.39. The van der Waals surface area contributed by atoms with Crippen LogP contribution in [0.4, 0.5) is 4.79 Å². The maximum Gasteiger partial charge on any atom is 0.407 e. The molecule has 0 aliphatic carbocycles. The summed E-state index contributed by atoms with van der Waals surface area (Å²) in [5.74, 6) is -1.07. The van der Waals surface area contributed by atoms with Crippen LogP contribution in [0.1, 0.15) is 38.4 Å². The van der Waals surface area contributed by atoms with Gasteiger partial charge in [0.05, 0.1) is 28.7 Å². The highest BCUT2D eigenvalue weighted by Gasteiger charge is 2.53. The number of amides is 4. The first-order valence-electron chi connectivity index (χ1n) is 14.5. The van der Waals surface area contributed by atoms with Gasteiger partial charge in [-0.3, -0.25) is 19.3 Å². The Morgan fingerprint density at radius 2 is 1.79 bits per heavy atom. The molecule has 2 aromatic rings. The second-order valence-corrected chi connectivity index (χ2v) is 14.1. The fourth-order valence-corrected chi connectivity index (χ4v) is 7.11. The fourth-order valence-electron chi connectivity index (χ4n) is 6.30. The Kier molecular flexibility index (Phi) is 8.52. The van der Waals surface area contributed by atoms with Crippen LogP contribution in [0.5, 0.6) is 0 Å². The summed E-state index contributed by atoms with van der Waals surface area (Å²) in [5.41, 5.74) is 4.02. The molecule has 13 heteroatoms. The van der Waals surface area contributed by atoms with Gasteiger partial charge >= 0.3 is 6.09 Å². The average molecular weight is 613 g/mol. The molecule has 12 nitrogen and oxygen atoms in total. The van der Waals surface area contributed by atoms with E-state index in [2.05, 4.69) is 15.6 Å². The number of aryl methyl sites for hydroxylation is 1. The van der Waals surface area contributed by atoms with Crippen molar-refractivity contribution in [3.05, 3.63) is 41.0 Å². The molecule has 0 radical (unpaired) electrons. The van der Waals surface area contributed by atoms with Crippen molar-refractivity contribution in [2.24, 2.45) is 10.8 Å². The predicted octanol–water partition coefficient (Wildman–Crippen LogP) is 1.52. The van der Waals surface area contributed by atoms with Gasteiger partial charge in [-0.15, -0.1) is 11.3 Å². The molecular formula is C30H40N6O6S. The third-order valence-corrected chi connectivity index (χ3v) is 9.50. The minimum Gasteiger partial charge on any atom is -0.465 e. The molecule has 3 saturated heterocycles. The van der Waals surface area contributed by atoms with E-state index in [1.807, 2.05) is 62.4 Å². The molecular weight excluding hydrogens is 572 g/mol. The number of β-amino-alcohol motifs (C(OH)–C–C–N with tert-alkyl or cyclic N) is 1. The molecule has 3 aliphatic rings. The zero-order valence-electron chi connectivity index (χ0n) is 25.0. The SMILES string of the molecule is Cc1ncsc1-c1ccc(CNC(=O)[C@@H]2C[C@@H](O)CN2C(=O)C(NC(=O)CN2CC3(C2)CN(C(=O)O)C3)C(C)(C)C)cc1. The summed E-state index contributed by atoms with van der Waals surface area (Å²) < 4.78 is 0. The quantitative estimate of drug-likeness (QED) is 0.350. The minimum absolute atomic E-state index is 0.0109. The van der Waals surface area contributed by atoms with Crippen molar-refractivity contribution in [2.45, 2.75) is 58.8 Å². The maximum atomic E-state index is 13.8. The van der Waals surface area contributed by atoms with Crippen molar-refractivity contribution in [1.29, 1.82) is 0 Å². The molecule has 1 aromatic heterocycles. The molecule has 232 valence electrons. The lowest BCUT2D eigenvalue weighted by Gasteiger charge is -2.59. The lowest BCUT2D eigenvalue weighted by Crippen LogP contribution is -2.73. The average Bonchev–Trinajstić information content (AvgIpc) is 3.50. The van der Waals surface area contributed by atoms with E-state index in [-0.39, 0.29) is 43.3 Å². The van der Waals surface area contributed by atoms with Crippen LogP contribution in [0.2, 0.25) is 0 Å². The van der Waals surface area contributed by atoms with Crippen LogP contribution in [0, 0.1) is 17.8 Å². The molecule has 0 bridgehead atoms. The number of aliphatic hydroxyl groups excluding tert-OH is 1. The first-order valence-corrected chi connectivity index (χ1v) is 15.4. The molecule has 4 amide bonds. The zero-order chi connectivity index (χ0) is 31.1. The number of nitrogens with one attached hydrogen (secondary N) is 2. The summed E-state index contributed by atoms with van der Waals surface area (Å²) >= 11 is 1.57. The number of carbonyl (C=O) groups excluding carboxylic acids is 3. The smallest absolute Gasteiger partial charge is 0.407 e. The van der Waals surface area contributed by atoms with Crippen LogP contribution in [0.15, 0.2) is 29.8 Å². The number of benzene rings is 1. The molecule has 5 rings (SSSR count). The highest BCUT2D eigenvalue weighted by atomic mass is 32.1. The normalized spacial score (nSPS) is 22.1. The lowest BCUT2D eigenvalue weighted by atomic mass is 9.73. The molecule has 3 atom stereocenters. The van der Waals surface area contributed by atoms with Crippen molar-refractivity contribution >= 4 is 35.2 Å². The number of aliphatic hydroxyl groups is 1. The van der Waals surface area contributed by atoms with E-state index in [1.165, 1.54) is 9.80 Å². The number of likely N-dealkylation sites (tertiary alicyclic amines) is 3. The van der Waals surface area contributed by atoms with Crippen molar-refractivity contribution in [2.75, 3.05) is 39.3 Å². The van der Waals surface area contributed by atoms with Gasteiger partial charge in [-0.1, -0.05) is 45.0 Å². The van der Waals surface area contributed by atoms with E-state index in [1.54, 1.807) is 11.3 Å². The van der Waals surface area contributed by atoms with E-state index >= 15 is 0 Å². The Morgan fingerprint density at radius 1 is 1.12 bits per heavy atom. The zero-order valence-corrected chi connectivity index (χ0v) is 25.8.